The average molecular weight is 138 g/mol. The van der Waals surface area contributed by atoms with Gasteiger partial charge in [0.15, 0.2) is 0 Å². The lowest BCUT2D eigenvalue weighted by Crippen LogP contribution is -2.26. The van der Waals surface area contributed by atoms with Crippen LogP contribution in [0.25, 0.3) is 0 Å². The largest absolute Gasteiger partial charge is 0.335 e. The topological polar surface area (TPSA) is 32.3 Å². The van der Waals surface area contributed by atoms with Gasteiger partial charge in [0.25, 0.3) is 0 Å². The maximum Gasteiger partial charge on any atom is 0.322 e. The van der Waals surface area contributed by atoms with Crippen LogP contribution in [0.3, 0.4) is 0 Å². The molecule has 2 amide bonds. The summed E-state index contributed by atoms with van der Waals surface area (Å²) in [7, 11) is 0. The normalized spacial score (nSPS) is 24.2. The highest BCUT2D eigenvalue weighted by atomic mass is 16.2. The Bertz CT molecular complexity index is 176. The zero-order valence-electron chi connectivity index (χ0n) is 5.71. The fourth-order valence-corrected chi connectivity index (χ4v) is 0.947. The van der Waals surface area contributed by atoms with Gasteiger partial charge in [-0.1, -0.05) is 12.7 Å². The van der Waals surface area contributed by atoms with Crippen LogP contribution in [0.4, 0.5) is 4.79 Å². The monoisotopic (exact) mass is 138 g/mol. The summed E-state index contributed by atoms with van der Waals surface area (Å²) in [5, 5.41) is 2.67. The van der Waals surface area contributed by atoms with Gasteiger partial charge in [-0.3, -0.25) is 4.90 Å². The molecular formula is C7H10N2O. The molecule has 1 fully saturated rings. The van der Waals surface area contributed by atoms with E-state index < -0.39 is 0 Å². The van der Waals surface area contributed by atoms with Gasteiger partial charge in [-0.25, -0.2) is 4.79 Å². The molecule has 0 bridgehead atoms. The molecule has 1 rings (SSSR count). The number of hydrogen-bond donors (Lipinski definition) is 1. The number of rotatable bonds is 2. The molecule has 0 saturated carbocycles. The first-order chi connectivity index (χ1) is 4.79. The van der Waals surface area contributed by atoms with Crippen molar-refractivity contribution in [2.75, 3.05) is 6.54 Å². The van der Waals surface area contributed by atoms with Crippen molar-refractivity contribution in [3.05, 3.63) is 25.4 Å². The molecule has 0 aromatic rings. The zero-order chi connectivity index (χ0) is 7.56. The predicted molar refractivity (Wildman–Crippen MR) is 39.4 cm³/mol. The molecule has 0 aromatic heterocycles. The van der Waals surface area contributed by atoms with Gasteiger partial charge in [-0.05, 0) is 0 Å². The Balaban J connectivity index is 2.71. The Labute approximate surface area is 60.0 Å². The summed E-state index contributed by atoms with van der Waals surface area (Å²) in [6.07, 6.45) is 3.23. The first-order valence-electron chi connectivity index (χ1n) is 3.11. The van der Waals surface area contributed by atoms with E-state index in [1.54, 1.807) is 6.08 Å². The van der Waals surface area contributed by atoms with Crippen LogP contribution in [-0.4, -0.2) is 23.5 Å². The Morgan fingerprint density at radius 3 is 2.80 bits per heavy atom. The van der Waals surface area contributed by atoms with Crippen LogP contribution in [0.5, 0.6) is 0 Å². The molecular weight excluding hydrogens is 128 g/mol. The van der Waals surface area contributed by atoms with Gasteiger partial charge in [0, 0.05) is 12.7 Å². The molecule has 0 aliphatic carbocycles. The maximum absolute atomic E-state index is 10.9. The number of amides is 2. The minimum atomic E-state index is -0.0973. The molecule has 1 aliphatic heterocycles. The van der Waals surface area contributed by atoms with Crippen LogP contribution in [0.15, 0.2) is 25.4 Å². The minimum absolute atomic E-state index is 0.0741. The van der Waals surface area contributed by atoms with Crippen LogP contribution < -0.4 is 5.32 Å². The van der Waals surface area contributed by atoms with Crippen LogP contribution >= 0.6 is 0 Å². The number of carbonyl (C=O) groups is 1. The molecule has 1 aliphatic rings. The lowest BCUT2D eigenvalue weighted by Gasteiger charge is -2.13. The van der Waals surface area contributed by atoms with Crippen LogP contribution in [0, 0.1) is 0 Å². The average Bonchev–Trinajstić information content (AvgIpc) is 2.30. The van der Waals surface area contributed by atoms with E-state index in [1.165, 1.54) is 11.1 Å². The van der Waals surface area contributed by atoms with Gasteiger partial charge >= 0.3 is 6.03 Å². The van der Waals surface area contributed by atoms with E-state index in [0.29, 0.717) is 6.54 Å². The third kappa shape index (κ3) is 0.900. The van der Waals surface area contributed by atoms with Crippen molar-refractivity contribution in [3.63, 3.8) is 0 Å². The van der Waals surface area contributed by atoms with Crippen molar-refractivity contribution in [1.29, 1.82) is 0 Å². The lowest BCUT2D eigenvalue weighted by atomic mass is 10.3. The molecule has 1 heterocycles. The van der Waals surface area contributed by atoms with Gasteiger partial charge in [-0.2, -0.15) is 0 Å². The van der Waals surface area contributed by atoms with Crippen LogP contribution in [0.1, 0.15) is 0 Å². The Morgan fingerprint density at radius 1 is 1.70 bits per heavy atom. The summed E-state index contributed by atoms with van der Waals surface area (Å²) in [6.45, 7) is 7.74. The van der Waals surface area contributed by atoms with Gasteiger partial charge in [0.1, 0.15) is 0 Å². The SMILES string of the molecule is C=CC1CNC(=O)N1C=C. The first-order valence-corrected chi connectivity index (χ1v) is 3.11. The highest BCUT2D eigenvalue weighted by Gasteiger charge is 2.25. The molecule has 0 spiro atoms. The second-order valence-corrected chi connectivity index (χ2v) is 2.08. The lowest BCUT2D eigenvalue weighted by molar-refractivity contribution is 0.227. The second kappa shape index (κ2) is 2.56. The summed E-state index contributed by atoms with van der Waals surface area (Å²) in [5.74, 6) is 0. The van der Waals surface area contributed by atoms with Gasteiger partial charge in [-0.15, -0.1) is 6.58 Å². The van der Waals surface area contributed by atoms with E-state index in [0.717, 1.165) is 0 Å². The molecule has 3 heteroatoms. The minimum Gasteiger partial charge on any atom is -0.335 e. The highest BCUT2D eigenvalue weighted by molar-refractivity contribution is 5.78. The van der Waals surface area contributed by atoms with Crippen molar-refractivity contribution in [2.24, 2.45) is 0 Å². The summed E-state index contributed by atoms with van der Waals surface area (Å²) in [6, 6.07) is -0.0232. The first kappa shape index (κ1) is 6.86. The molecule has 3 nitrogen and oxygen atoms in total. The Morgan fingerprint density at radius 2 is 2.40 bits per heavy atom. The summed E-state index contributed by atoms with van der Waals surface area (Å²) in [5.41, 5.74) is 0. The third-order valence-electron chi connectivity index (χ3n) is 1.52. The number of hydrogen-bond acceptors (Lipinski definition) is 1. The molecule has 1 unspecified atom stereocenters. The quantitative estimate of drug-likeness (QED) is 0.560. The van der Waals surface area contributed by atoms with Crippen molar-refractivity contribution < 1.29 is 4.79 Å². The van der Waals surface area contributed by atoms with Crippen molar-refractivity contribution in [3.8, 4) is 0 Å². The van der Waals surface area contributed by atoms with Crippen molar-refractivity contribution >= 4 is 6.03 Å². The smallest absolute Gasteiger partial charge is 0.322 e. The van der Waals surface area contributed by atoms with E-state index in [9.17, 15) is 4.79 Å². The molecule has 1 N–H and O–H groups in total. The number of nitrogens with zero attached hydrogens (tertiary/aromatic N) is 1. The van der Waals surface area contributed by atoms with E-state index in [2.05, 4.69) is 18.5 Å². The standard InChI is InChI=1S/C7H10N2O/c1-3-6-5-8-7(10)9(6)4-2/h3-4,6H,1-2,5H2,(H,8,10). The second-order valence-electron chi connectivity index (χ2n) is 2.08. The van der Waals surface area contributed by atoms with Crippen LogP contribution in [-0.2, 0) is 0 Å². The van der Waals surface area contributed by atoms with Crippen LogP contribution in [0.2, 0.25) is 0 Å². The Kier molecular flexibility index (Phi) is 1.76. The molecule has 1 atom stereocenters. The van der Waals surface area contributed by atoms with Crippen molar-refractivity contribution in [1.82, 2.24) is 10.2 Å². The van der Waals surface area contributed by atoms with E-state index in [-0.39, 0.29) is 12.1 Å². The van der Waals surface area contributed by atoms with E-state index >= 15 is 0 Å². The molecule has 10 heavy (non-hydrogen) atoms. The fraction of sp³-hybridized carbons (Fsp3) is 0.286. The number of nitrogens with one attached hydrogen (secondary N) is 1. The molecule has 1 saturated heterocycles. The number of urea groups is 1. The van der Waals surface area contributed by atoms with Gasteiger partial charge in [0.05, 0.1) is 6.04 Å². The summed E-state index contributed by atoms with van der Waals surface area (Å²) < 4.78 is 0. The Hall–Kier alpha value is -1.25. The molecule has 0 radical (unpaired) electrons. The van der Waals surface area contributed by atoms with E-state index in [4.69, 9.17) is 0 Å². The highest BCUT2D eigenvalue weighted by Crippen LogP contribution is 2.06. The summed E-state index contributed by atoms with van der Waals surface area (Å²) >= 11 is 0. The maximum atomic E-state index is 10.9. The van der Waals surface area contributed by atoms with E-state index in [1.807, 2.05) is 0 Å². The zero-order valence-corrected chi connectivity index (χ0v) is 5.71. The number of carbonyl (C=O) groups excluding carboxylic acids is 1. The third-order valence-corrected chi connectivity index (χ3v) is 1.52. The predicted octanol–water partition coefficient (Wildman–Crippen LogP) is 0.710. The van der Waals surface area contributed by atoms with Gasteiger partial charge in [0.2, 0.25) is 0 Å². The van der Waals surface area contributed by atoms with Gasteiger partial charge < -0.3 is 5.32 Å². The molecule has 54 valence electrons. The summed E-state index contributed by atoms with van der Waals surface area (Å²) in [4.78, 5) is 12.4. The molecule has 0 aromatic carbocycles. The fourth-order valence-electron chi connectivity index (χ4n) is 0.947. The van der Waals surface area contributed by atoms with Crippen molar-refractivity contribution in [2.45, 2.75) is 6.04 Å².